The van der Waals surface area contributed by atoms with Gasteiger partial charge in [0, 0.05) is 31.7 Å². The number of primary amides is 1. The number of nitrogens with one attached hydrogen (secondary N) is 1. The fourth-order valence-electron chi connectivity index (χ4n) is 3.18. The van der Waals surface area contributed by atoms with E-state index in [2.05, 4.69) is 10.2 Å². The molecule has 1 aliphatic heterocycles. The molecule has 0 radical (unpaired) electrons. The molecule has 2 aromatic carbocycles. The summed E-state index contributed by atoms with van der Waals surface area (Å²) in [6.07, 6.45) is 0. The first kappa shape index (κ1) is 21.0. The van der Waals surface area contributed by atoms with Crippen molar-refractivity contribution in [1.82, 2.24) is 9.21 Å². The lowest BCUT2D eigenvalue weighted by Gasteiger charge is -2.31. The highest BCUT2D eigenvalue weighted by Gasteiger charge is 2.28. The van der Waals surface area contributed by atoms with Crippen LogP contribution in [0.25, 0.3) is 0 Å². The van der Waals surface area contributed by atoms with Crippen molar-refractivity contribution in [2.75, 3.05) is 38.5 Å². The molecular weight excluding hydrogens is 392 g/mol. The minimum absolute atomic E-state index is 0.0704. The molecule has 0 saturated carbocycles. The average molecular weight is 417 g/mol. The van der Waals surface area contributed by atoms with Gasteiger partial charge in [-0.05, 0) is 43.8 Å². The predicted octanol–water partition coefficient (Wildman–Crippen LogP) is 1.28. The number of aryl methyl sites for hydroxylation is 1. The summed E-state index contributed by atoms with van der Waals surface area (Å²) in [7, 11) is -1.75. The number of anilines is 1. The molecule has 3 N–H and O–H groups in total. The maximum absolute atomic E-state index is 13.0. The normalized spacial score (nSPS) is 15.8. The first-order valence-electron chi connectivity index (χ1n) is 9.19. The Labute approximate surface area is 170 Å². The highest BCUT2D eigenvalue weighted by molar-refractivity contribution is 7.89. The van der Waals surface area contributed by atoms with E-state index in [1.165, 1.54) is 22.5 Å². The SMILES string of the molecule is Cc1ccc(S(=O)(=O)N2CCN(C)CC2)cc1C(=O)Nc1ccccc1C(N)=O. The van der Waals surface area contributed by atoms with Gasteiger partial charge in [0.15, 0.2) is 0 Å². The molecular formula is C20H24N4O4S. The molecule has 9 heteroatoms. The number of amides is 2. The summed E-state index contributed by atoms with van der Waals surface area (Å²) in [5.74, 6) is -1.17. The quantitative estimate of drug-likeness (QED) is 0.762. The second kappa shape index (κ2) is 8.32. The summed E-state index contributed by atoms with van der Waals surface area (Å²) in [6, 6.07) is 10.9. The Bertz CT molecular complexity index is 1040. The van der Waals surface area contributed by atoms with E-state index in [1.54, 1.807) is 31.2 Å². The lowest BCUT2D eigenvalue weighted by molar-refractivity contribution is 0.100. The van der Waals surface area contributed by atoms with Gasteiger partial charge in [0.2, 0.25) is 10.0 Å². The monoisotopic (exact) mass is 416 g/mol. The van der Waals surface area contributed by atoms with Gasteiger partial charge in [-0.2, -0.15) is 4.31 Å². The number of rotatable bonds is 5. The van der Waals surface area contributed by atoms with Gasteiger partial charge >= 0.3 is 0 Å². The van der Waals surface area contributed by atoms with E-state index >= 15 is 0 Å². The van der Waals surface area contributed by atoms with Crippen molar-refractivity contribution in [3.05, 3.63) is 59.2 Å². The molecule has 1 aliphatic rings. The highest BCUT2D eigenvalue weighted by atomic mass is 32.2. The van der Waals surface area contributed by atoms with Crippen molar-refractivity contribution in [3.8, 4) is 0 Å². The number of hydrogen-bond acceptors (Lipinski definition) is 5. The first-order valence-corrected chi connectivity index (χ1v) is 10.6. The molecule has 2 amide bonds. The highest BCUT2D eigenvalue weighted by Crippen LogP contribution is 2.22. The van der Waals surface area contributed by atoms with Crippen molar-refractivity contribution in [1.29, 1.82) is 0 Å². The number of hydrogen-bond donors (Lipinski definition) is 2. The first-order chi connectivity index (χ1) is 13.7. The fraction of sp³-hybridized carbons (Fsp3) is 0.300. The predicted molar refractivity (Wildman–Crippen MR) is 110 cm³/mol. The van der Waals surface area contributed by atoms with E-state index in [0.717, 1.165) is 0 Å². The van der Waals surface area contributed by atoms with Crippen LogP contribution in [0.2, 0.25) is 0 Å². The Morgan fingerprint density at radius 1 is 1.00 bits per heavy atom. The zero-order valence-corrected chi connectivity index (χ0v) is 17.2. The Hall–Kier alpha value is -2.75. The molecule has 0 spiro atoms. The van der Waals surface area contributed by atoms with E-state index in [1.807, 2.05) is 7.05 Å². The van der Waals surface area contributed by atoms with Crippen LogP contribution in [-0.2, 0) is 10.0 Å². The summed E-state index contributed by atoms with van der Waals surface area (Å²) in [5, 5.41) is 2.66. The largest absolute Gasteiger partial charge is 0.366 e. The molecule has 0 aromatic heterocycles. The van der Waals surface area contributed by atoms with Crippen LogP contribution >= 0.6 is 0 Å². The molecule has 2 aromatic rings. The average Bonchev–Trinajstić information content (AvgIpc) is 2.68. The third-order valence-corrected chi connectivity index (χ3v) is 6.89. The Kier molecular flexibility index (Phi) is 6.02. The standard InChI is InChI=1S/C20H24N4O4S/c1-14-7-8-15(29(27,28)24-11-9-23(2)10-12-24)13-17(14)20(26)22-18-6-4-3-5-16(18)19(21)25/h3-8,13H,9-12H2,1-2H3,(H2,21,25)(H,22,26). The molecule has 0 bridgehead atoms. The number of benzene rings is 2. The van der Waals surface area contributed by atoms with Gasteiger partial charge < -0.3 is 16.0 Å². The number of likely N-dealkylation sites (N-methyl/N-ethyl adjacent to an activating group) is 1. The summed E-state index contributed by atoms with van der Waals surface area (Å²) in [6.45, 7) is 3.84. The number of carbonyl (C=O) groups excluding carboxylic acids is 2. The molecule has 0 unspecified atom stereocenters. The lowest BCUT2D eigenvalue weighted by Crippen LogP contribution is -2.47. The number of sulfonamides is 1. The Morgan fingerprint density at radius 2 is 1.66 bits per heavy atom. The maximum Gasteiger partial charge on any atom is 0.255 e. The molecule has 0 aliphatic carbocycles. The zero-order valence-electron chi connectivity index (χ0n) is 16.4. The van der Waals surface area contributed by atoms with Crippen LogP contribution < -0.4 is 11.1 Å². The van der Waals surface area contributed by atoms with Gasteiger partial charge in [0.25, 0.3) is 11.8 Å². The van der Waals surface area contributed by atoms with Gasteiger partial charge in [-0.3, -0.25) is 9.59 Å². The summed E-state index contributed by atoms with van der Waals surface area (Å²) >= 11 is 0. The van der Waals surface area contributed by atoms with Crippen LogP contribution in [0.1, 0.15) is 26.3 Å². The smallest absolute Gasteiger partial charge is 0.255 e. The number of para-hydroxylation sites is 1. The van der Waals surface area contributed by atoms with E-state index in [9.17, 15) is 18.0 Å². The topological polar surface area (TPSA) is 113 Å². The second-order valence-electron chi connectivity index (χ2n) is 7.05. The Balaban J connectivity index is 1.89. The van der Waals surface area contributed by atoms with Crippen LogP contribution in [0.3, 0.4) is 0 Å². The van der Waals surface area contributed by atoms with Gasteiger partial charge in [-0.1, -0.05) is 18.2 Å². The van der Waals surface area contributed by atoms with Gasteiger partial charge in [-0.25, -0.2) is 8.42 Å². The van der Waals surface area contributed by atoms with Crippen LogP contribution in [0.15, 0.2) is 47.4 Å². The molecule has 0 atom stereocenters. The van der Waals surface area contributed by atoms with Crippen LogP contribution in [0.5, 0.6) is 0 Å². The third kappa shape index (κ3) is 4.47. The van der Waals surface area contributed by atoms with Crippen LogP contribution in [0.4, 0.5) is 5.69 Å². The zero-order chi connectivity index (χ0) is 21.2. The van der Waals surface area contributed by atoms with E-state index in [-0.39, 0.29) is 21.7 Å². The summed E-state index contributed by atoms with van der Waals surface area (Å²) < 4.78 is 27.4. The summed E-state index contributed by atoms with van der Waals surface area (Å²) in [5.41, 5.74) is 6.65. The number of nitrogens with zero attached hydrogens (tertiary/aromatic N) is 2. The molecule has 29 heavy (non-hydrogen) atoms. The van der Waals surface area contributed by atoms with Crippen molar-refractivity contribution in [2.45, 2.75) is 11.8 Å². The molecule has 1 heterocycles. The fourth-order valence-corrected chi connectivity index (χ4v) is 4.63. The van der Waals surface area contributed by atoms with Crippen LogP contribution in [-0.4, -0.2) is 62.7 Å². The van der Waals surface area contributed by atoms with Crippen molar-refractivity contribution in [3.63, 3.8) is 0 Å². The van der Waals surface area contributed by atoms with E-state index < -0.39 is 21.8 Å². The van der Waals surface area contributed by atoms with E-state index in [4.69, 9.17) is 5.73 Å². The van der Waals surface area contributed by atoms with Crippen molar-refractivity contribution in [2.24, 2.45) is 5.73 Å². The van der Waals surface area contributed by atoms with Crippen molar-refractivity contribution >= 4 is 27.5 Å². The van der Waals surface area contributed by atoms with Gasteiger partial charge in [-0.15, -0.1) is 0 Å². The number of carbonyl (C=O) groups is 2. The Morgan fingerprint density at radius 3 is 2.31 bits per heavy atom. The maximum atomic E-state index is 13.0. The number of piperazine rings is 1. The van der Waals surface area contributed by atoms with Crippen molar-refractivity contribution < 1.29 is 18.0 Å². The molecule has 3 rings (SSSR count). The van der Waals surface area contributed by atoms with Gasteiger partial charge in [0.1, 0.15) is 0 Å². The minimum atomic E-state index is -3.70. The third-order valence-electron chi connectivity index (χ3n) is 4.99. The minimum Gasteiger partial charge on any atom is -0.366 e. The van der Waals surface area contributed by atoms with Crippen LogP contribution in [0, 0.1) is 6.92 Å². The second-order valence-corrected chi connectivity index (χ2v) is 8.99. The number of nitrogens with two attached hydrogens (primary N) is 1. The molecule has 8 nitrogen and oxygen atoms in total. The van der Waals surface area contributed by atoms with Gasteiger partial charge in [0.05, 0.1) is 16.1 Å². The van der Waals surface area contributed by atoms with E-state index in [0.29, 0.717) is 31.7 Å². The molecule has 154 valence electrons. The summed E-state index contributed by atoms with van der Waals surface area (Å²) in [4.78, 5) is 26.5. The molecule has 1 saturated heterocycles. The molecule has 1 fully saturated rings. The lowest BCUT2D eigenvalue weighted by atomic mass is 10.1.